The van der Waals surface area contributed by atoms with Crippen LogP contribution in [0.4, 0.5) is 0 Å². The largest absolute Gasteiger partial charge is 0.132 e. The van der Waals surface area contributed by atoms with Crippen molar-refractivity contribution in [1.29, 1.82) is 0 Å². The Balaban J connectivity index is 0.000000182. The fourth-order valence-electron chi connectivity index (χ4n) is 2.86. The van der Waals surface area contributed by atoms with Crippen LogP contribution in [0.2, 0.25) is 0 Å². The lowest BCUT2D eigenvalue weighted by Crippen LogP contribution is -1.77. The second-order valence-corrected chi connectivity index (χ2v) is 5.06. The Morgan fingerprint density at radius 3 is 1.80 bits per heavy atom. The Bertz CT molecular complexity index is 430. The van der Waals surface area contributed by atoms with Gasteiger partial charge in [0.1, 0.15) is 5.56 Å². The van der Waals surface area contributed by atoms with Gasteiger partial charge in [-0.25, -0.2) is 0 Å². The van der Waals surface area contributed by atoms with E-state index >= 15 is 0 Å². The predicted octanol–water partition coefficient (Wildman–Crippen LogP) is 5.63. The van der Waals surface area contributed by atoms with E-state index < -0.39 is 0 Å². The molecule has 4 rings (SSSR count). The van der Waals surface area contributed by atoms with Crippen LogP contribution in [0.15, 0.2) is 48.5 Å². The second-order valence-electron chi connectivity index (χ2n) is 5.06. The average molecular weight is 267 g/mol. The van der Waals surface area contributed by atoms with Gasteiger partial charge in [0.05, 0.1) is 5.56 Å². The Labute approximate surface area is 124 Å². The number of rotatable bonds is 0. The van der Waals surface area contributed by atoms with Gasteiger partial charge < -0.3 is 0 Å². The number of hydrogen-bond acceptors (Lipinski definition) is 0. The molecule has 0 heteroatoms. The van der Waals surface area contributed by atoms with Crippen LogP contribution in [0.5, 0.6) is 0 Å². The summed E-state index contributed by atoms with van der Waals surface area (Å²) >= 11 is 0. The number of benzene rings is 2. The number of aryl methyl sites for hydroxylation is 3. The third-order valence-corrected chi connectivity index (χ3v) is 3.84. The van der Waals surface area contributed by atoms with E-state index in [0.29, 0.717) is 0 Å². The Hall–Kier alpha value is -1.69. The normalized spacial score (nSPS) is 13.6. The average Bonchev–Trinajstić information content (AvgIpc) is 3.08. The highest BCUT2D eigenvalue weighted by Gasteiger charge is 2.16. The molecule has 0 saturated heterocycles. The zero-order chi connectivity index (χ0) is 12.2. The van der Waals surface area contributed by atoms with Crippen LogP contribution in [0.25, 0.3) is 0 Å². The quantitative estimate of drug-likeness (QED) is 0.542. The number of hydrogen-bond donors (Lipinski definition) is 0. The van der Waals surface area contributed by atoms with Crippen LogP contribution in [-0.4, -0.2) is 0 Å². The minimum Gasteiger partial charge on any atom is -0.0776 e. The molecule has 2 aromatic rings. The van der Waals surface area contributed by atoms with E-state index in [1.54, 1.807) is 11.1 Å². The van der Waals surface area contributed by atoms with E-state index in [9.17, 15) is 0 Å². The lowest BCUT2D eigenvalue weighted by molar-refractivity contribution is 0.912. The first-order valence-corrected chi connectivity index (χ1v) is 6.91. The minimum atomic E-state index is 0. The van der Waals surface area contributed by atoms with Crippen molar-refractivity contribution in [2.45, 2.75) is 47.0 Å². The van der Waals surface area contributed by atoms with E-state index in [1.807, 2.05) is 0 Å². The summed E-state index contributed by atoms with van der Waals surface area (Å²) in [6, 6.07) is 17.3. The fraction of sp³-hybridized carbons (Fsp3) is 0.350. The van der Waals surface area contributed by atoms with E-state index in [0.717, 1.165) is 0 Å². The van der Waals surface area contributed by atoms with Gasteiger partial charge >= 0.3 is 0 Å². The van der Waals surface area contributed by atoms with Crippen molar-refractivity contribution in [2.75, 3.05) is 0 Å². The molecule has 106 valence electrons. The summed E-state index contributed by atoms with van der Waals surface area (Å²) in [5.74, 6) is 0. The summed E-state index contributed by atoms with van der Waals surface area (Å²) < 4.78 is 0. The molecule has 0 saturated carbocycles. The van der Waals surface area contributed by atoms with Crippen molar-refractivity contribution in [3.05, 3.63) is 77.2 Å². The predicted molar refractivity (Wildman–Crippen MR) is 90.1 cm³/mol. The lowest BCUT2D eigenvalue weighted by Gasteiger charge is -1.93. The molecule has 0 fully saturated rings. The molecule has 2 aliphatic rings. The van der Waals surface area contributed by atoms with E-state index in [1.165, 1.54) is 43.2 Å². The van der Waals surface area contributed by atoms with Gasteiger partial charge in [-0.05, 0) is 48.6 Å². The van der Waals surface area contributed by atoms with Crippen LogP contribution in [-0.2, 0) is 19.3 Å². The third-order valence-electron chi connectivity index (χ3n) is 3.84. The van der Waals surface area contributed by atoms with Gasteiger partial charge in [-0.3, -0.25) is 0 Å². The number of fused-ring (bicyclic) bond motifs is 2. The van der Waals surface area contributed by atoms with E-state index in [-0.39, 0.29) is 14.9 Å². The van der Waals surface area contributed by atoms with Crippen LogP contribution >= 0.6 is 0 Å². The Kier molecular flexibility index (Phi) is 6.38. The highest BCUT2D eigenvalue weighted by Crippen LogP contribution is 2.22. The van der Waals surface area contributed by atoms with Gasteiger partial charge in [0.25, 0.3) is 0 Å². The van der Waals surface area contributed by atoms with Crippen LogP contribution in [0, 0.1) is 6.42 Å². The SMILES string of the molecule is C.C.c1ccc2c(c1)CCC2.c1ccc2c(c1)[CH+]CC2. The molecule has 0 amide bonds. The molecule has 0 heterocycles. The summed E-state index contributed by atoms with van der Waals surface area (Å²) in [5.41, 5.74) is 6.09. The fourth-order valence-corrected chi connectivity index (χ4v) is 2.86. The van der Waals surface area contributed by atoms with Crippen LogP contribution in [0.1, 0.15) is 49.9 Å². The first-order valence-electron chi connectivity index (χ1n) is 6.91. The maximum absolute atomic E-state index is 2.30. The third kappa shape index (κ3) is 3.66. The van der Waals surface area contributed by atoms with Gasteiger partial charge in [-0.15, -0.1) is 0 Å². The Morgan fingerprint density at radius 1 is 0.650 bits per heavy atom. The van der Waals surface area contributed by atoms with Gasteiger partial charge in [0.15, 0.2) is 0 Å². The van der Waals surface area contributed by atoms with Crippen molar-refractivity contribution >= 4 is 0 Å². The zero-order valence-electron chi connectivity index (χ0n) is 10.7. The van der Waals surface area contributed by atoms with Crippen molar-refractivity contribution in [2.24, 2.45) is 0 Å². The molecule has 0 nitrogen and oxygen atoms in total. The smallest absolute Gasteiger partial charge is 0.0776 e. The monoisotopic (exact) mass is 267 g/mol. The van der Waals surface area contributed by atoms with Gasteiger partial charge in [-0.1, -0.05) is 39.1 Å². The van der Waals surface area contributed by atoms with Crippen LogP contribution in [0.3, 0.4) is 0 Å². The highest BCUT2D eigenvalue weighted by molar-refractivity contribution is 5.37. The van der Waals surface area contributed by atoms with Crippen molar-refractivity contribution < 1.29 is 0 Å². The molecule has 0 radical (unpaired) electrons. The molecule has 0 unspecified atom stereocenters. The molecule has 2 aromatic carbocycles. The van der Waals surface area contributed by atoms with Crippen molar-refractivity contribution in [1.82, 2.24) is 0 Å². The first-order chi connectivity index (χ1) is 8.93. The highest BCUT2D eigenvalue weighted by atomic mass is 14.1. The van der Waals surface area contributed by atoms with E-state index in [2.05, 4.69) is 55.0 Å². The van der Waals surface area contributed by atoms with Gasteiger partial charge in [0, 0.05) is 25.3 Å². The molecule has 0 spiro atoms. The lowest BCUT2D eigenvalue weighted by atomic mass is 10.1. The molecular weight excluding hydrogens is 240 g/mol. The molecular formula is C20H27+. The molecule has 0 aromatic heterocycles. The molecule has 0 N–H and O–H groups in total. The van der Waals surface area contributed by atoms with Gasteiger partial charge in [-0.2, -0.15) is 0 Å². The van der Waals surface area contributed by atoms with Crippen molar-refractivity contribution in [3.8, 4) is 0 Å². The summed E-state index contributed by atoms with van der Waals surface area (Å²) in [6.45, 7) is 0. The van der Waals surface area contributed by atoms with E-state index in [4.69, 9.17) is 0 Å². The summed E-state index contributed by atoms with van der Waals surface area (Å²) in [6.07, 6.45) is 8.75. The Morgan fingerprint density at radius 2 is 1.20 bits per heavy atom. The molecule has 0 bridgehead atoms. The van der Waals surface area contributed by atoms with Gasteiger partial charge in [0.2, 0.25) is 0 Å². The standard InChI is InChI=1S/C9H10.C9H9.2CH4/c2*1-2-5-9-7-3-6-8(9)4-1;;/h1-2,4-5H,3,6-7H2;1-2,4-6H,3,7H2;2*1H4/q;+1;;. The maximum atomic E-state index is 2.30. The van der Waals surface area contributed by atoms with Crippen molar-refractivity contribution in [3.63, 3.8) is 0 Å². The zero-order valence-corrected chi connectivity index (χ0v) is 10.7. The molecule has 2 aliphatic carbocycles. The maximum Gasteiger partial charge on any atom is 0.132 e. The topological polar surface area (TPSA) is 0 Å². The first kappa shape index (κ1) is 16.4. The second kappa shape index (κ2) is 7.79. The molecule has 0 aliphatic heterocycles. The summed E-state index contributed by atoms with van der Waals surface area (Å²) in [5, 5.41) is 0. The summed E-state index contributed by atoms with van der Waals surface area (Å²) in [4.78, 5) is 0. The summed E-state index contributed by atoms with van der Waals surface area (Å²) in [7, 11) is 0. The van der Waals surface area contributed by atoms with Crippen LogP contribution < -0.4 is 0 Å². The molecule has 0 atom stereocenters. The molecule has 20 heavy (non-hydrogen) atoms. The minimum absolute atomic E-state index is 0.